The summed E-state index contributed by atoms with van der Waals surface area (Å²) in [5.74, 6) is -0.0237. The Kier molecular flexibility index (Phi) is 2.09. The van der Waals surface area contributed by atoms with Gasteiger partial charge in [0, 0.05) is 6.07 Å². The third kappa shape index (κ3) is 1.93. The highest BCUT2D eigenvalue weighted by molar-refractivity contribution is 5.77. The minimum Gasteiger partial charge on any atom is -0.492 e. The Labute approximate surface area is 83.8 Å². The smallest absolute Gasteiger partial charge is 0.492 e. The topological polar surface area (TPSA) is 92.5 Å². The van der Waals surface area contributed by atoms with Gasteiger partial charge < -0.3 is 14.9 Å². The first-order valence-electron chi connectivity index (χ1n) is 4.02. The Morgan fingerprint density at radius 1 is 1.33 bits per heavy atom. The zero-order valence-electron chi connectivity index (χ0n) is 7.41. The summed E-state index contributed by atoms with van der Waals surface area (Å²) in [6.07, 6.45) is -0.214. The lowest BCUT2D eigenvalue weighted by Crippen LogP contribution is -2.02. The second-order valence-corrected chi connectivity index (χ2v) is 2.75. The van der Waals surface area contributed by atoms with E-state index in [0.29, 0.717) is 11.0 Å². The van der Waals surface area contributed by atoms with Crippen molar-refractivity contribution in [2.75, 3.05) is 0 Å². The summed E-state index contributed by atoms with van der Waals surface area (Å²) in [6, 6.07) is 4.38. The van der Waals surface area contributed by atoms with Gasteiger partial charge >= 0.3 is 6.16 Å². The van der Waals surface area contributed by atoms with Crippen molar-refractivity contribution in [3.8, 4) is 11.6 Å². The molecule has 0 saturated carbocycles. The largest absolute Gasteiger partial charge is 0.511 e. The predicted molar refractivity (Wildman–Crippen MR) is 49.9 cm³/mol. The maximum atomic E-state index is 10.3. The van der Waals surface area contributed by atoms with Crippen LogP contribution < -0.4 is 4.74 Å². The number of benzene rings is 1. The molecule has 1 aromatic heterocycles. The van der Waals surface area contributed by atoms with Crippen LogP contribution in [-0.4, -0.2) is 26.3 Å². The molecule has 2 N–H and O–H groups in total. The third-order valence-electron chi connectivity index (χ3n) is 1.71. The van der Waals surface area contributed by atoms with Crippen molar-refractivity contribution in [1.82, 2.24) is 9.97 Å². The predicted octanol–water partition coefficient (Wildman–Crippen LogP) is 1.39. The van der Waals surface area contributed by atoms with Gasteiger partial charge in [-0.1, -0.05) is 0 Å². The van der Waals surface area contributed by atoms with Crippen LogP contribution in [0.1, 0.15) is 0 Å². The number of aromatic hydroxyl groups is 1. The Morgan fingerprint density at radius 2 is 2.13 bits per heavy atom. The second-order valence-electron chi connectivity index (χ2n) is 2.75. The maximum absolute atomic E-state index is 10.3. The van der Waals surface area contributed by atoms with Gasteiger partial charge in [-0.15, -0.1) is 0 Å². The van der Waals surface area contributed by atoms with Crippen LogP contribution in [0.4, 0.5) is 4.79 Å². The molecule has 2 aromatic rings. The van der Waals surface area contributed by atoms with Crippen molar-refractivity contribution in [3.63, 3.8) is 0 Å². The lowest BCUT2D eigenvalue weighted by atomic mass is 10.3. The molecule has 15 heavy (non-hydrogen) atoms. The van der Waals surface area contributed by atoms with Gasteiger partial charge in [-0.2, -0.15) is 0 Å². The fourth-order valence-corrected chi connectivity index (χ4v) is 1.15. The number of nitrogens with zero attached hydrogens (tertiary/aromatic N) is 2. The molecule has 0 saturated heterocycles. The van der Waals surface area contributed by atoms with Crippen LogP contribution in [0.2, 0.25) is 0 Å². The summed E-state index contributed by atoms with van der Waals surface area (Å²) >= 11 is 0. The van der Waals surface area contributed by atoms with Crippen molar-refractivity contribution in [2.24, 2.45) is 0 Å². The quantitative estimate of drug-likeness (QED) is 0.541. The summed E-state index contributed by atoms with van der Waals surface area (Å²) in [6.45, 7) is 0. The fraction of sp³-hybridized carbons (Fsp3) is 0. The van der Waals surface area contributed by atoms with Gasteiger partial charge in [0.25, 0.3) is 0 Å². The molecule has 0 fully saturated rings. The third-order valence-corrected chi connectivity index (χ3v) is 1.71. The molecule has 1 aromatic carbocycles. The highest BCUT2D eigenvalue weighted by Crippen LogP contribution is 2.19. The number of ether oxygens (including phenoxy) is 1. The van der Waals surface area contributed by atoms with E-state index in [9.17, 15) is 4.79 Å². The molecule has 6 heteroatoms. The monoisotopic (exact) mass is 206 g/mol. The van der Waals surface area contributed by atoms with E-state index in [0.717, 1.165) is 0 Å². The zero-order valence-corrected chi connectivity index (χ0v) is 7.41. The average molecular weight is 206 g/mol. The minimum absolute atomic E-state index is 0.162. The molecule has 0 aliphatic rings. The van der Waals surface area contributed by atoms with Crippen molar-refractivity contribution < 1.29 is 19.7 Å². The van der Waals surface area contributed by atoms with E-state index in [4.69, 9.17) is 10.2 Å². The van der Waals surface area contributed by atoms with Crippen LogP contribution in [0.5, 0.6) is 11.6 Å². The van der Waals surface area contributed by atoms with Crippen LogP contribution in [0, 0.1) is 0 Å². The van der Waals surface area contributed by atoms with E-state index >= 15 is 0 Å². The molecule has 6 nitrogen and oxygen atoms in total. The molecule has 0 radical (unpaired) electrons. The molecule has 0 amide bonds. The summed E-state index contributed by atoms with van der Waals surface area (Å²) in [5.41, 5.74) is 0.916. The molecule has 0 bridgehead atoms. The van der Waals surface area contributed by atoms with Crippen LogP contribution in [0.25, 0.3) is 11.0 Å². The molecule has 0 aliphatic carbocycles. The van der Waals surface area contributed by atoms with Crippen LogP contribution >= 0.6 is 0 Å². The van der Waals surface area contributed by atoms with Gasteiger partial charge in [0.2, 0.25) is 5.88 Å². The van der Waals surface area contributed by atoms with E-state index in [2.05, 4.69) is 14.7 Å². The number of carbonyl (C=O) groups is 1. The molecule has 76 valence electrons. The van der Waals surface area contributed by atoms with E-state index in [1.54, 1.807) is 0 Å². The van der Waals surface area contributed by atoms with Gasteiger partial charge in [0.1, 0.15) is 5.75 Å². The van der Waals surface area contributed by atoms with E-state index in [1.807, 2.05) is 0 Å². The highest BCUT2D eigenvalue weighted by atomic mass is 16.7. The molecular weight excluding hydrogens is 200 g/mol. The molecule has 0 aliphatic heterocycles. The van der Waals surface area contributed by atoms with Crippen LogP contribution in [-0.2, 0) is 0 Å². The van der Waals surface area contributed by atoms with Crippen LogP contribution in [0.3, 0.4) is 0 Å². The van der Waals surface area contributed by atoms with Gasteiger partial charge in [-0.25, -0.2) is 14.8 Å². The second kappa shape index (κ2) is 3.41. The SMILES string of the molecule is O=C(O)Oc1ccc2nc(O)cnc2c1. The first-order valence-corrected chi connectivity index (χ1v) is 4.02. The minimum atomic E-state index is -1.39. The summed E-state index contributed by atoms with van der Waals surface area (Å²) in [7, 11) is 0. The number of hydrogen-bond donors (Lipinski definition) is 2. The number of rotatable bonds is 1. The van der Waals surface area contributed by atoms with Crippen molar-refractivity contribution in [3.05, 3.63) is 24.4 Å². The normalized spacial score (nSPS) is 10.1. The maximum Gasteiger partial charge on any atom is 0.511 e. The van der Waals surface area contributed by atoms with Gasteiger partial charge in [0.05, 0.1) is 17.2 Å². The molecule has 0 unspecified atom stereocenters. The fourth-order valence-electron chi connectivity index (χ4n) is 1.15. The first kappa shape index (κ1) is 9.20. The van der Waals surface area contributed by atoms with Gasteiger partial charge in [-0.05, 0) is 12.1 Å². The summed E-state index contributed by atoms with van der Waals surface area (Å²) < 4.78 is 4.44. The molecule has 1 heterocycles. The van der Waals surface area contributed by atoms with E-state index in [-0.39, 0.29) is 11.6 Å². The highest BCUT2D eigenvalue weighted by Gasteiger charge is 2.04. The summed E-state index contributed by atoms with van der Waals surface area (Å²) in [4.78, 5) is 17.9. The zero-order chi connectivity index (χ0) is 10.8. The lowest BCUT2D eigenvalue weighted by molar-refractivity contribution is 0.144. The van der Waals surface area contributed by atoms with E-state index in [1.165, 1.54) is 24.4 Å². The molecule has 0 spiro atoms. The van der Waals surface area contributed by atoms with Crippen molar-refractivity contribution >= 4 is 17.2 Å². The number of carboxylic acid groups (broad SMARTS) is 1. The number of fused-ring (bicyclic) bond motifs is 1. The summed E-state index contributed by atoms with van der Waals surface area (Å²) in [5, 5.41) is 17.4. The van der Waals surface area contributed by atoms with Crippen LogP contribution in [0.15, 0.2) is 24.4 Å². The number of aromatic nitrogens is 2. The van der Waals surface area contributed by atoms with Crippen molar-refractivity contribution in [1.29, 1.82) is 0 Å². The first-order chi connectivity index (χ1) is 7.15. The molecule has 2 rings (SSSR count). The Bertz CT molecular complexity index is 527. The van der Waals surface area contributed by atoms with E-state index < -0.39 is 6.16 Å². The Balaban J connectivity index is 2.47. The standard InChI is InChI=1S/C9H6N2O4/c12-8-4-10-7-3-5(15-9(13)14)1-2-6(7)11-8/h1-4H,(H,11,12)(H,13,14). The van der Waals surface area contributed by atoms with Crippen molar-refractivity contribution in [2.45, 2.75) is 0 Å². The molecule has 0 atom stereocenters. The van der Waals surface area contributed by atoms with Gasteiger partial charge in [-0.3, -0.25) is 0 Å². The molecular formula is C9H6N2O4. The Morgan fingerprint density at radius 3 is 2.87 bits per heavy atom. The van der Waals surface area contributed by atoms with Gasteiger partial charge in [0.15, 0.2) is 0 Å². The number of hydrogen-bond acceptors (Lipinski definition) is 5. The lowest BCUT2D eigenvalue weighted by Gasteiger charge is -2.01. The Hall–Kier alpha value is -2.37. The average Bonchev–Trinajstić information content (AvgIpc) is 2.17.